The standard InChI is InChI=1S/C19H17N3O4S2/c1-2-26-18(25)12-5-7-13(8-6-12)20-16(23)10-14-11-28-19(21-14)22-17(24)15-4-3-9-27-15/h3-9,11H,2,10H2,1H3,(H,20,23)(H,21,22,24). The molecule has 1 aromatic carbocycles. The molecule has 3 aromatic rings. The number of hydrogen-bond acceptors (Lipinski definition) is 7. The van der Waals surface area contributed by atoms with Crippen molar-refractivity contribution < 1.29 is 19.1 Å². The van der Waals surface area contributed by atoms with E-state index in [-0.39, 0.29) is 18.2 Å². The van der Waals surface area contributed by atoms with E-state index in [1.807, 2.05) is 5.38 Å². The van der Waals surface area contributed by atoms with Gasteiger partial charge < -0.3 is 10.1 Å². The van der Waals surface area contributed by atoms with E-state index in [9.17, 15) is 14.4 Å². The van der Waals surface area contributed by atoms with E-state index in [4.69, 9.17) is 4.74 Å². The van der Waals surface area contributed by atoms with Crippen molar-refractivity contribution in [2.45, 2.75) is 13.3 Å². The summed E-state index contributed by atoms with van der Waals surface area (Å²) >= 11 is 2.61. The number of benzene rings is 1. The molecule has 2 heterocycles. The van der Waals surface area contributed by atoms with Crippen LogP contribution in [0.1, 0.15) is 32.6 Å². The topological polar surface area (TPSA) is 97.4 Å². The summed E-state index contributed by atoms with van der Waals surface area (Å²) in [6, 6.07) is 9.99. The van der Waals surface area contributed by atoms with E-state index in [1.54, 1.807) is 48.7 Å². The smallest absolute Gasteiger partial charge is 0.338 e. The zero-order chi connectivity index (χ0) is 19.9. The number of amides is 2. The van der Waals surface area contributed by atoms with Crippen LogP contribution in [0.5, 0.6) is 0 Å². The molecule has 2 N–H and O–H groups in total. The molecule has 0 unspecified atom stereocenters. The van der Waals surface area contributed by atoms with Crippen LogP contribution in [0.15, 0.2) is 47.2 Å². The van der Waals surface area contributed by atoms with Crippen LogP contribution in [0, 0.1) is 0 Å². The summed E-state index contributed by atoms with van der Waals surface area (Å²) in [7, 11) is 0. The highest BCUT2D eigenvalue weighted by Gasteiger charge is 2.12. The first kappa shape index (κ1) is 19.7. The fraction of sp³-hybridized carbons (Fsp3) is 0.158. The number of carbonyl (C=O) groups excluding carboxylic acids is 3. The number of ether oxygens (including phenoxy) is 1. The Morgan fingerprint density at radius 2 is 1.86 bits per heavy atom. The lowest BCUT2D eigenvalue weighted by Gasteiger charge is -2.06. The second-order valence-electron chi connectivity index (χ2n) is 5.60. The Morgan fingerprint density at radius 3 is 2.54 bits per heavy atom. The summed E-state index contributed by atoms with van der Waals surface area (Å²) in [4.78, 5) is 40.7. The molecular weight excluding hydrogens is 398 g/mol. The Kier molecular flexibility index (Phi) is 6.51. The minimum absolute atomic E-state index is 0.0744. The van der Waals surface area contributed by atoms with Gasteiger partial charge in [0.15, 0.2) is 5.13 Å². The quantitative estimate of drug-likeness (QED) is 0.572. The van der Waals surface area contributed by atoms with Gasteiger partial charge in [-0.05, 0) is 42.6 Å². The molecule has 2 amide bonds. The summed E-state index contributed by atoms with van der Waals surface area (Å²) in [6.07, 6.45) is 0.0744. The minimum atomic E-state index is -0.403. The maximum Gasteiger partial charge on any atom is 0.338 e. The van der Waals surface area contributed by atoms with Crippen LogP contribution >= 0.6 is 22.7 Å². The van der Waals surface area contributed by atoms with Crippen molar-refractivity contribution in [3.63, 3.8) is 0 Å². The number of thiophene rings is 1. The Bertz CT molecular complexity index is 965. The molecule has 0 fully saturated rings. The third-order valence-electron chi connectivity index (χ3n) is 3.54. The lowest BCUT2D eigenvalue weighted by molar-refractivity contribution is -0.115. The minimum Gasteiger partial charge on any atom is -0.462 e. The van der Waals surface area contributed by atoms with Gasteiger partial charge in [-0.25, -0.2) is 9.78 Å². The Morgan fingerprint density at radius 1 is 1.07 bits per heavy atom. The van der Waals surface area contributed by atoms with Crippen LogP contribution in [0.4, 0.5) is 10.8 Å². The molecule has 0 aliphatic rings. The van der Waals surface area contributed by atoms with E-state index >= 15 is 0 Å². The predicted molar refractivity (Wildman–Crippen MR) is 109 cm³/mol. The summed E-state index contributed by atoms with van der Waals surface area (Å²) in [5.74, 6) is -0.868. The maximum absolute atomic E-state index is 12.2. The number of nitrogens with one attached hydrogen (secondary N) is 2. The van der Waals surface area contributed by atoms with Gasteiger partial charge in [0.25, 0.3) is 5.91 Å². The molecule has 0 radical (unpaired) electrons. The van der Waals surface area contributed by atoms with Crippen LogP contribution in [0.25, 0.3) is 0 Å². The van der Waals surface area contributed by atoms with Gasteiger partial charge in [-0.2, -0.15) is 0 Å². The fourth-order valence-corrected chi connectivity index (χ4v) is 3.61. The fourth-order valence-electron chi connectivity index (χ4n) is 2.29. The van der Waals surface area contributed by atoms with Gasteiger partial charge in [0.1, 0.15) is 0 Å². The molecule has 0 bridgehead atoms. The summed E-state index contributed by atoms with van der Waals surface area (Å²) in [6.45, 7) is 2.05. The molecule has 7 nitrogen and oxygen atoms in total. The predicted octanol–water partition coefficient (Wildman–Crippen LogP) is 3.81. The van der Waals surface area contributed by atoms with Gasteiger partial charge in [0, 0.05) is 11.1 Å². The third kappa shape index (κ3) is 5.24. The van der Waals surface area contributed by atoms with Crippen molar-refractivity contribution in [3.05, 3.63) is 63.3 Å². The molecule has 0 aliphatic heterocycles. The highest BCUT2D eigenvalue weighted by Crippen LogP contribution is 2.19. The first-order valence-corrected chi connectivity index (χ1v) is 10.2. The lowest BCUT2D eigenvalue weighted by atomic mass is 10.2. The average molecular weight is 415 g/mol. The molecule has 144 valence electrons. The van der Waals surface area contributed by atoms with Crippen LogP contribution < -0.4 is 10.6 Å². The Labute approximate surface area is 169 Å². The van der Waals surface area contributed by atoms with E-state index in [1.165, 1.54) is 22.7 Å². The number of nitrogens with zero attached hydrogens (tertiary/aromatic N) is 1. The Hall–Kier alpha value is -3.04. The van der Waals surface area contributed by atoms with E-state index in [2.05, 4.69) is 15.6 Å². The second kappa shape index (κ2) is 9.25. The van der Waals surface area contributed by atoms with Crippen LogP contribution in [-0.4, -0.2) is 29.4 Å². The normalized spacial score (nSPS) is 10.3. The molecule has 9 heteroatoms. The number of hydrogen-bond donors (Lipinski definition) is 2. The van der Waals surface area contributed by atoms with Crippen molar-refractivity contribution in [2.75, 3.05) is 17.2 Å². The molecule has 28 heavy (non-hydrogen) atoms. The van der Waals surface area contributed by atoms with Gasteiger partial charge >= 0.3 is 5.97 Å². The monoisotopic (exact) mass is 415 g/mol. The molecule has 0 spiro atoms. The molecule has 0 aliphatic carbocycles. The molecule has 0 saturated carbocycles. The Balaban J connectivity index is 1.53. The SMILES string of the molecule is CCOC(=O)c1ccc(NC(=O)Cc2csc(NC(=O)c3cccs3)n2)cc1. The first-order valence-electron chi connectivity index (χ1n) is 8.41. The largest absolute Gasteiger partial charge is 0.462 e. The number of thiazole rings is 1. The zero-order valence-electron chi connectivity index (χ0n) is 14.9. The molecule has 0 atom stereocenters. The van der Waals surface area contributed by atoms with Gasteiger partial charge in [0.05, 0.1) is 29.2 Å². The lowest BCUT2D eigenvalue weighted by Crippen LogP contribution is -2.15. The van der Waals surface area contributed by atoms with Crippen molar-refractivity contribution in [3.8, 4) is 0 Å². The number of rotatable bonds is 7. The van der Waals surface area contributed by atoms with Crippen molar-refractivity contribution in [1.29, 1.82) is 0 Å². The van der Waals surface area contributed by atoms with Crippen LogP contribution in [0.3, 0.4) is 0 Å². The molecule has 2 aromatic heterocycles. The van der Waals surface area contributed by atoms with Gasteiger partial charge in [0.2, 0.25) is 5.91 Å². The summed E-state index contributed by atoms with van der Waals surface area (Å²) in [5, 5.41) is 9.47. The molecule has 0 saturated heterocycles. The highest BCUT2D eigenvalue weighted by atomic mass is 32.1. The van der Waals surface area contributed by atoms with Gasteiger partial charge in [-0.15, -0.1) is 22.7 Å². The third-order valence-corrected chi connectivity index (χ3v) is 5.21. The molecule has 3 rings (SSSR count). The number of carbonyl (C=O) groups is 3. The first-order chi connectivity index (χ1) is 13.5. The average Bonchev–Trinajstić information content (AvgIpc) is 3.35. The number of anilines is 2. The second-order valence-corrected chi connectivity index (χ2v) is 7.40. The van der Waals surface area contributed by atoms with E-state index in [0.29, 0.717) is 33.6 Å². The van der Waals surface area contributed by atoms with E-state index < -0.39 is 5.97 Å². The van der Waals surface area contributed by atoms with E-state index in [0.717, 1.165) is 0 Å². The van der Waals surface area contributed by atoms with Crippen LogP contribution in [0.2, 0.25) is 0 Å². The highest BCUT2D eigenvalue weighted by molar-refractivity contribution is 7.14. The molecular formula is C19H17N3O4S2. The zero-order valence-corrected chi connectivity index (χ0v) is 16.6. The number of esters is 1. The van der Waals surface area contributed by atoms with Gasteiger partial charge in [-0.1, -0.05) is 6.07 Å². The van der Waals surface area contributed by atoms with Crippen molar-refractivity contribution >= 4 is 51.3 Å². The number of aromatic nitrogens is 1. The van der Waals surface area contributed by atoms with Crippen LogP contribution in [-0.2, 0) is 16.0 Å². The van der Waals surface area contributed by atoms with Gasteiger partial charge in [-0.3, -0.25) is 14.9 Å². The summed E-state index contributed by atoms with van der Waals surface area (Å²) < 4.78 is 4.92. The van der Waals surface area contributed by atoms with Crippen molar-refractivity contribution in [1.82, 2.24) is 4.98 Å². The summed E-state index contributed by atoms with van der Waals surface area (Å²) in [5.41, 5.74) is 1.55. The van der Waals surface area contributed by atoms with Crippen molar-refractivity contribution in [2.24, 2.45) is 0 Å². The maximum atomic E-state index is 12.2.